The normalized spacial score (nSPS) is 12.3. The lowest BCUT2D eigenvalue weighted by molar-refractivity contribution is 0.483. The molecule has 0 aliphatic rings. The quantitative estimate of drug-likeness (QED) is 0.835. The number of nitrogens with zero attached hydrogens (tertiary/aromatic N) is 1. The van der Waals surface area contributed by atoms with Crippen molar-refractivity contribution in [3.63, 3.8) is 0 Å². The average molecular weight is 330 g/mol. The summed E-state index contributed by atoms with van der Waals surface area (Å²) in [6, 6.07) is 3.74. The Morgan fingerprint density at radius 3 is 2.33 bits per heavy atom. The molecule has 1 heterocycles. The minimum atomic E-state index is -4.31. The fourth-order valence-corrected chi connectivity index (χ4v) is 3.52. The highest BCUT2D eigenvalue weighted by Gasteiger charge is 2.16. The minimum Gasteiger partial charge on any atom is -0.282 e. The van der Waals surface area contributed by atoms with Gasteiger partial charge in [-0.05, 0) is 18.2 Å². The van der Waals surface area contributed by atoms with Crippen LogP contribution in [0, 0.1) is 0 Å². The summed E-state index contributed by atoms with van der Waals surface area (Å²) in [5, 5.41) is 0. The molecule has 2 aromatic rings. The van der Waals surface area contributed by atoms with Gasteiger partial charge in [0.05, 0.1) is 15.1 Å². The van der Waals surface area contributed by atoms with Crippen LogP contribution < -0.4 is 0 Å². The van der Waals surface area contributed by atoms with Crippen LogP contribution in [0.2, 0.25) is 0 Å². The van der Waals surface area contributed by atoms with Crippen molar-refractivity contribution in [3.8, 4) is 0 Å². The zero-order chi connectivity index (χ0) is 12.8. The molecule has 0 radical (unpaired) electrons. The lowest BCUT2D eigenvalue weighted by Gasteiger charge is -1.94. The van der Waals surface area contributed by atoms with E-state index in [9.17, 15) is 16.8 Å². The number of sulfone groups is 1. The molecule has 0 aliphatic heterocycles. The Labute approximate surface area is 114 Å². The number of benzene rings is 1. The Kier molecular flexibility index (Phi) is 4.03. The first-order valence-electron chi connectivity index (χ1n) is 4.26. The number of fused-ring (bicyclic) bond motifs is 1. The number of thiazole rings is 1. The van der Waals surface area contributed by atoms with Crippen LogP contribution in [0.25, 0.3) is 10.2 Å². The number of halogens is 1. The van der Waals surface area contributed by atoms with E-state index in [1.807, 2.05) is 0 Å². The van der Waals surface area contributed by atoms with E-state index < -0.39 is 20.0 Å². The van der Waals surface area contributed by atoms with Crippen LogP contribution in [-0.2, 0) is 20.0 Å². The Morgan fingerprint density at radius 2 is 1.83 bits per heavy atom. The molecule has 100 valence electrons. The summed E-state index contributed by atoms with van der Waals surface area (Å²) < 4.78 is 53.6. The van der Waals surface area contributed by atoms with E-state index in [-0.39, 0.29) is 27.2 Å². The first-order valence-corrected chi connectivity index (χ1v) is 8.41. The molecule has 0 fully saturated rings. The molecule has 0 unspecified atom stereocenters. The van der Waals surface area contributed by atoms with Gasteiger partial charge < -0.3 is 0 Å². The van der Waals surface area contributed by atoms with Gasteiger partial charge in [0, 0.05) is 6.26 Å². The number of hydrogen-bond acceptors (Lipinski definition) is 6. The summed E-state index contributed by atoms with van der Waals surface area (Å²) in [6.07, 6.45) is 1.02. The van der Waals surface area contributed by atoms with E-state index in [4.69, 9.17) is 4.55 Å². The molecule has 0 saturated carbocycles. The second-order valence-electron chi connectivity index (χ2n) is 3.36. The fourth-order valence-electron chi connectivity index (χ4n) is 1.21. The molecule has 10 heteroatoms. The van der Waals surface area contributed by atoms with Crippen molar-refractivity contribution in [3.05, 3.63) is 18.2 Å². The second-order valence-corrected chi connectivity index (χ2v) is 8.00. The first-order chi connectivity index (χ1) is 7.68. The van der Waals surface area contributed by atoms with E-state index in [0.717, 1.165) is 23.7 Å². The molecule has 6 nitrogen and oxygen atoms in total. The van der Waals surface area contributed by atoms with Gasteiger partial charge in [0.15, 0.2) is 0 Å². The maximum atomic E-state index is 11.3. The Morgan fingerprint density at radius 1 is 1.22 bits per heavy atom. The summed E-state index contributed by atoms with van der Waals surface area (Å²) in [5.41, 5.74) is 0.227. The van der Waals surface area contributed by atoms with Gasteiger partial charge in [-0.15, -0.1) is 23.7 Å². The van der Waals surface area contributed by atoms with Crippen molar-refractivity contribution in [2.75, 3.05) is 6.26 Å². The predicted molar refractivity (Wildman–Crippen MR) is 69.8 cm³/mol. The zero-order valence-electron chi connectivity index (χ0n) is 8.89. The van der Waals surface area contributed by atoms with Crippen LogP contribution in [0.15, 0.2) is 27.4 Å². The summed E-state index contributed by atoms with van der Waals surface area (Å²) in [5.74, 6) is 0. The number of hydrogen-bond donors (Lipinski definition) is 1. The van der Waals surface area contributed by atoms with Crippen molar-refractivity contribution in [2.24, 2.45) is 0 Å². The molecule has 0 spiro atoms. The second kappa shape index (κ2) is 4.74. The van der Waals surface area contributed by atoms with Gasteiger partial charge in [-0.1, -0.05) is 0 Å². The average Bonchev–Trinajstić information content (AvgIpc) is 2.57. The summed E-state index contributed by atoms with van der Waals surface area (Å²) in [4.78, 5) is 3.50. The van der Waals surface area contributed by atoms with Crippen LogP contribution >= 0.6 is 23.7 Å². The molecule has 0 saturated heterocycles. The Balaban J connectivity index is 0.00000162. The molecule has 1 N–H and O–H groups in total. The lowest BCUT2D eigenvalue weighted by atomic mass is 10.3. The van der Waals surface area contributed by atoms with Crippen LogP contribution in [0.1, 0.15) is 0 Å². The monoisotopic (exact) mass is 329 g/mol. The highest BCUT2D eigenvalue weighted by atomic mass is 35.5. The maximum absolute atomic E-state index is 11.3. The van der Waals surface area contributed by atoms with Crippen molar-refractivity contribution in [2.45, 2.75) is 9.24 Å². The zero-order valence-corrected chi connectivity index (χ0v) is 12.2. The summed E-state index contributed by atoms with van der Waals surface area (Å²) >= 11 is 0.948. The van der Waals surface area contributed by atoms with Crippen molar-refractivity contribution < 1.29 is 21.4 Å². The summed E-state index contributed by atoms with van der Waals surface area (Å²) in [6.45, 7) is 0. The first kappa shape index (κ1) is 15.3. The van der Waals surface area contributed by atoms with Gasteiger partial charge in [-0.2, -0.15) is 8.42 Å². The van der Waals surface area contributed by atoms with Crippen molar-refractivity contribution in [1.29, 1.82) is 0 Å². The van der Waals surface area contributed by atoms with E-state index in [0.29, 0.717) is 4.70 Å². The highest BCUT2D eigenvalue weighted by molar-refractivity contribution is 7.92. The molecular formula is C8H8ClNO5S3. The fraction of sp³-hybridized carbons (Fsp3) is 0.125. The molecule has 1 aromatic heterocycles. The van der Waals surface area contributed by atoms with Crippen LogP contribution in [0.3, 0.4) is 0 Å². The van der Waals surface area contributed by atoms with E-state index in [2.05, 4.69) is 4.98 Å². The standard InChI is InChI=1S/C8H7NO5S3.ClH/c1-16(10,11)8-9-6-4-5(17(12,13)14)2-3-7(6)15-8;/h2-4H,1H3,(H,12,13,14);1H. The van der Waals surface area contributed by atoms with Crippen LogP contribution in [0.4, 0.5) is 0 Å². The molecule has 1 aromatic carbocycles. The van der Waals surface area contributed by atoms with Gasteiger partial charge in [-0.3, -0.25) is 4.55 Å². The topological polar surface area (TPSA) is 101 Å². The maximum Gasteiger partial charge on any atom is 0.294 e. The molecule has 0 aliphatic carbocycles. The van der Waals surface area contributed by atoms with E-state index in [1.54, 1.807) is 0 Å². The van der Waals surface area contributed by atoms with Gasteiger partial charge >= 0.3 is 0 Å². The molecule has 0 bridgehead atoms. The Bertz CT molecular complexity index is 763. The van der Waals surface area contributed by atoms with E-state index >= 15 is 0 Å². The molecular weight excluding hydrogens is 322 g/mol. The van der Waals surface area contributed by atoms with Gasteiger partial charge in [-0.25, -0.2) is 13.4 Å². The largest absolute Gasteiger partial charge is 0.294 e. The summed E-state index contributed by atoms with van der Waals surface area (Å²) in [7, 11) is -7.72. The van der Waals surface area contributed by atoms with Gasteiger partial charge in [0.2, 0.25) is 14.2 Å². The lowest BCUT2D eigenvalue weighted by Crippen LogP contribution is -1.97. The van der Waals surface area contributed by atoms with Gasteiger partial charge in [0.25, 0.3) is 10.1 Å². The molecule has 0 atom stereocenters. The third kappa shape index (κ3) is 2.98. The van der Waals surface area contributed by atoms with Crippen LogP contribution in [0.5, 0.6) is 0 Å². The molecule has 18 heavy (non-hydrogen) atoms. The number of aromatic nitrogens is 1. The SMILES string of the molecule is CS(=O)(=O)c1nc2cc(S(=O)(=O)O)ccc2s1.Cl. The highest BCUT2D eigenvalue weighted by Crippen LogP contribution is 2.27. The molecule has 0 amide bonds. The Hall–Kier alpha value is -0.740. The molecule has 2 rings (SSSR count). The van der Waals surface area contributed by atoms with Gasteiger partial charge in [0.1, 0.15) is 0 Å². The van der Waals surface area contributed by atoms with Crippen molar-refractivity contribution >= 4 is 53.9 Å². The third-order valence-electron chi connectivity index (χ3n) is 1.95. The smallest absolute Gasteiger partial charge is 0.282 e. The van der Waals surface area contributed by atoms with Crippen LogP contribution in [-0.4, -0.2) is 32.6 Å². The van der Waals surface area contributed by atoms with E-state index in [1.165, 1.54) is 12.1 Å². The van der Waals surface area contributed by atoms with Crippen molar-refractivity contribution in [1.82, 2.24) is 4.98 Å². The predicted octanol–water partition coefficient (Wildman–Crippen LogP) is 1.37. The number of rotatable bonds is 2. The minimum absolute atomic E-state index is 0. The third-order valence-corrected chi connectivity index (χ3v) is 5.52.